The number of carbonyl (C=O) groups excluding carboxylic acids is 1. The van der Waals surface area contributed by atoms with E-state index in [1.165, 1.54) is 135 Å². The van der Waals surface area contributed by atoms with E-state index in [1.807, 2.05) is 29.6 Å². The first-order valence-electron chi connectivity index (χ1n) is 58.9. The van der Waals surface area contributed by atoms with Gasteiger partial charge in [-0.05, 0) is 199 Å². The number of piperidine rings is 1. The third kappa shape index (κ3) is 36.9. The Balaban J connectivity index is 0.000000305. The number of aromatic nitrogens is 12. The van der Waals surface area contributed by atoms with E-state index in [9.17, 15) is 23.1 Å². The molecule has 730 valence electrons. The van der Waals surface area contributed by atoms with Gasteiger partial charge >= 0.3 is 7.25 Å². The second kappa shape index (κ2) is 64.8. The quantitative estimate of drug-likeness (QED) is 0.0142. The van der Waals surface area contributed by atoms with Crippen molar-refractivity contribution in [2.75, 3.05) is 58.6 Å². The molecule has 2 saturated heterocycles. The van der Waals surface area contributed by atoms with E-state index in [0.717, 1.165) is 64.4 Å². The number of hydrogen-bond acceptors (Lipinski definition) is 24. The van der Waals surface area contributed by atoms with Gasteiger partial charge in [-0.3, -0.25) is 43.0 Å². The van der Waals surface area contributed by atoms with Gasteiger partial charge in [-0.15, -0.1) is 0 Å². The van der Waals surface area contributed by atoms with Gasteiger partial charge in [-0.1, -0.05) is 171 Å². The SMILES string of the molecule is C.C.CO.O.[2H]C1([2H])C([2H])([2H])C([2H])([2H])C([2H])(Sc2ncc(CO)n2-c2cccnc2)C1([2H])[2H].[2H]C1([2H])C([2H])([2H])C([2H])([2H])C([2H])(Sc2ncc(COc3ccc(C#CCO)c(F)c3)n2-c2cccnc2)C1([2H])[2H].[2H]C1([2H])C([2H])([2H])C([2H])([2H])C([2H])(Sc2ncc(COc3ccc(C#CCOC(=O)CC4CCN(C)CC4)c(F)c3)n2-c2cccnc2)C1([2H])[2H].[2H]C1([2H])C([2H])([2H])C([2H])([2H])C([2H])(Sc2ncc(COc3ccc(C#CCOC4CCCCO4)c(F)c3)n2-c2cccnc2)C1([2H])[2H].[2H]CI.[3H][P+](P)=S.[Ar]. The van der Waals surface area contributed by atoms with Crippen LogP contribution in [-0.4, -0.2) is 177 Å². The molecule has 4 aliphatic carbocycles. The number of pyridine rings is 4. The number of carbonyl (C=O) groups is 1. The molecule has 17 rings (SSSR count). The molecule has 11 aromatic rings. The van der Waals surface area contributed by atoms with Crippen molar-refractivity contribution < 1.29 is 156 Å². The molecule has 36 heteroatoms. The Bertz CT molecular complexity index is 7430. The maximum absolute atomic E-state index is 14.9. The number of ether oxygens (including phenoxy) is 6. The minimum atomic E-state index is -3.35. The van der Waals surface area contributed by atoms with Gasteiger partial charge in [0.2, 0.25) is 0 Å². The Morgan fingerprint density at radius 1 is 0.559 bits per heavy atom. The van der Waals surface area contributed by atoms with Crippen molar-refractivity contribution >= 4 is 103 Å². The van der Waals surface area contributed by atoms with Crippen molar-refractivity contribution in [1.29, 1.82) is 1.28 Å². The van der Waals surface area contributed by atoms with Crippen LogP contribution in [0.5, 0.6) is 17.2 Å². The molecule has 5 N–H and O–H groups in total. The summed E-state index contributed by atoms with van der Waals surface area (Å²) < 4.78 is 393. The Labute approximate surface area is 921 Å². The average Bonchev–Trinajstić information content (AvgIpc) is 1.51. The second-order valence-corrected chi connectivity index (χ2v) is 33.5. The first-order valence-corrected chi connectivity index (χ1v) is 48.1. The summed E-state index contributed by atoms with van der Waals surface area (Å²) in [5, 5.41) is 13.0. The molecule has 0 spiro atoms. The number of nitrogens with zero attached hydrogens (tertiary/aromatic N) is 13. The maximum Gasteiger partial charge on any atom is 0.355 e. The van der Waals surface area contributed by atoms with E-state index in [1.54, 1.807) is 48.5 Å². The van der Waals surface area contributed by atoms with Crippen LogP contribution in [0.25, 0.3) is 22.7 Å². The van der Waals surface area contributed by atoms with Crippen LogP contribution in [0.4, 0.5) is 13.2 Å². The van der Waals surface area contributed by atoms with Crippen LogP contribution in [0.1, 0.15) is 246 Å². The fourth-order valence-corrected chi connectivity index (χ4v) is 15.4. The number of imidazole rings is 4. The predicted molar refractivity (Wildman–Crippen MR) is 550 cm³/mol. The van der Waals surface area contributed by atoms with Gasteiger partial charge in [0, 0.05) is 172 Å². The maximum atomic E-state index is 14.9. The average molecular weight is 2170 g/mol. The van der Waals surface area contributed by atoms with Crippen molar-refractivity contribution in [2.24, 2.45) is 5.92 Å². The molecule has 6 fully saturated rings. The van der Waals surface area contributed by atoms with E-state index in [4.69, 9.17) is 90.6 Å². The van der Waals surface area contributed by atoms with E-state index < -0.39 is 161 Å². The van der Waals surface area contributed by atoms with Gasteiger partial charge in [0.05, 0.1) is 127 Å². The zero-order valence-electron chi connectivity index (χ0n) is 109. The number of hydrogen-bond donors (Lipinski definition) is 3. The number of likely N-dealkylation sites (tertiary alicyclic amines) is 1. The monoisotopic (exact) mass is 2170 g/mol. The van der Waals surface area contributed by atoms with Gasteiger partial charge in [-0.2, -0.15) is 0 Å². The summed E-state index contributed by atoms with van der Waals surface area (Å²) in [5.74, 6) is 14.1. The third-order valence-electron chi connectivity index (χ3n) is 18.2. The summed E-state index contributed by atoms with van der Waals surface area (Å²) in [4.78, 5) is 47.8. The van der Waals surface area contributed by atoms with Crippen molar-refractivity contribution in [1.82, 2.24) is 63.0 Å². The molecular weight excluding hydrogens is 2010 g/mol. The number of aliphatic hydroxyl groups excluding tert-OH is 3. The van der Waals surface area contributed by atoms with Crippen molar-refractivity contribution in [3.05, 3.63) is 234 Å². The topological polar surface area (TPSA) is 291 Å². The number of rotatable bonds is 27. The van der Waals surface area contributed by atoms with Crippen LogP contribution in [0.15, 0.2) is 198 Å². The van der Waals surface area contributed by atoms with Gasteiger partial charge in [0.1, 0.15) is 67.7 Å². The standard InChI is InChI=1S/C31H35FN4O3S.C28H30FN3O3S.C23H22FN3O2S.C14H17N3OS.CH3I.CH4O.2CH4.Ar.H2O.H2P2S/c1-35-15-12-23(13-16-35)18-30(37)38-17-5-6-24-10-11-27(19-29(24)32)39-22-26-21-34-31(40-28-8-2-3-9-28)36(26)25-7-4-14-33-20-25;29-26-17-24(13-12-21(26)7-6-16-34-27-11-3-4-15-33-27)35-20-23-19-31-28(36-25-9-1-2-10-25)32(23)22-8-5-14-30-18-22;24-22-13-20(10-9-17(22)5-4-12-28)29-16-19-15-26-23(30-21-7-1-2-8-21)27(19)18-6-3-11-25-14-18;18-10-12-9-16-14(19-13-5-1-2-6-13)17(12)11-4-3-7-15-8-11;2*1-2;;;;;1-2-3/h4,7,10-11,14,19-21,23,28H,2-3,8-9,12-13,15-18,22H2,1H3;5,8,12-14,17-19,25,27H,1-4,9-11,15-16,20H2;3,6,9-11,13-15,21,28H,1-2,7-8,12,16H2;3-4,7-9,13,18H,1-2,5-6,10H2;1H3;2H,1H3;2*1H4;;1H2;1H2/p+1/i2D2,3D2,8D2,9D2,28D;1D2,2D2,9D2,10D2,25D;1D2,2D2,7D2,8D2,21D;1D2,2D2,5D2,6D2,13D;1D;;;;;;/hT. The molecule has 2 aliphatic heterocycles. The summed E-state index contributed by atoms with van der Waals surface area (Å²) in [5.41, 5.74) is 3.09. The molecule has 3 atom stereocenters. The van der Waals surface area contributed by atoms with Crippen molar-refractivity contribution in [3.63, 3.8) is 0 Å². The molecule has 3 unspecified atom stereocenters. The summed E-state index contributed by atoms with van der Waals surface area (Å²) in [7, 11) is 5.25. The van der Waals surface area contributed by atoms with Crippen LogP contribution in [0.3, 0.4) is 0 Å². The summed E-state index contributed by atoms with van der Waals surface area (Å²) in [6.45, 7) is 0.122. The first kappa shape index (κ1) is 70.2. The summed E-state index contributed by atoms with van der Waals surface area (Å²) >= 11 is 7.33. The van der Waals surface area contributed by atoms with Crippen molar-refractivity contribution in [3.8, 4) is 75.5 Å². The third-order valence-corrected chi connectivity index (χ3v) is 21.7. The van der Waals surface area contributed by atoms with Gasteiger partial charge in [-0.25, -0.2) is 33.1 Å². The molecule has 3 aromatic carbocycles. The largest absolute Gasteiger partial charge is 0.487 e. The van der Waals surface area contributed by atoms with Gasteiger partial charge in [0.25, 0.3) is 0 Å². The zero-order chi connectivity index (χ0) is 127. The number of benzene rings is 3. The molecule has 0 amide bonds. The molecule has 6 aliphatic rings. The minimum absolute atomic E-state index is 0. The van der Waals surface area contributed by atoms with Gasteiger partial charge < -0.3 is 54.1 Å². The van der Waals surface area contributed by atoms with Crippen molar-refractivity contribution in [2.45, 2.75) is 230 Å². The minimum Gasteiger partial charge on any atom is -0.487 e. The Hall–Kier alpha value is -7.50. The predicted octanol–water partition coefficient (Wildman–Crippen LogP) is 20.7. The van der Waals surface area contributed by atoms with E-state index in [2.05, 4.69) is 101 Å². The zero-order valence-corrected chi connectivity index (χ0v) is 80.4. The molecule has 4 saturated carbocycles. The van der Waals surface area contributed by atoms with E-state index in [-0.39, 0.29) is 217 Å². The molecule has 8 aromatic heterocycles. The number of aliphatic hydroxyl groups is 3. The summed E-state index contributed by atoms with van der Waals surface area (Å²) in [6, 6.07) is 25.0. The number of halogens is 4. The number of alkyl halides is 1. The molecular formula is C100H124ArF3IN13O11P2S5+. The normalized spacial score (nSPS) is 26.2. The van der Waals surface area contributed by atoms with Gasteiger partial charge in [0.15, 0.2) is 52.3 Å². The molecule has 24 nitrogen and oxygen atoms in total. The van der Waals surface area contributed by atoms with Crippen LogP contribution < -0.4 is 14.2 Å². The molecule has 10 heterocycles. The summed E-state index contributed by atoms with van der Waals surface area (Å²) in [6.07, 6.45) is -31.0. The van der Waals surface area contributed by atoms with Crippen LogP contribution in [-0.2, 0) is 57.2 Å². The Morgan fingerprint density at radius 3 is 1.20 bits per heavy atom. The molecule has 136 heavy (non-hydrogen) atoms. The molecule has 0 bridgehead atoms. The van der Waals surface area contributed by atoms with Crippen LogP contribution in [0, 0.1) is 96.6 Å². The van der Waals surface area contributed by atoms with E-state index >= 15 is 0 Å². The number of thioether (sulfide) groups is 4. The second-order valence-electron chi connectivity index (χ2n) is 26.9. The Kier molecular flexibility index (Phi) is 33.4. The number of esters is 1. The fourth-order valence-electron chi connectivity index (χ4n) is 12.2. The van der Waals surface area contributed by atoms with E-state index in [0.29, 0.717) is 57.8 Å². The van der Waals surface area contributed by atoms with Crippen LogP contribution >= 0.6 is 85.6 Å². The Morgan fingerprint density at radius 2 is 0.890 bits per heavy atom. The smallest absolute Gasteiger partial charge is 0.355 e. The first-order chi connectivity index (χ1) is 79.1. The molecule has 0 radical (unpaired) electrons. The van der Waals surface area contributed by atoms with Crippen LogP contribution in [0.2, 0.25) is 0 Å². The fraction of sp³-hybridized carbons (Fsp3) is 0.430.